The Morgan fingerprint density at radius 3 is 2.06 bits per heavy atom. The van der Waals surface area contributed by atoms with E-state index in [2.05, 4.69) is 12.2 Å². The monoisotopic (exact) mass is 249 g/mol. The fourth-order valence-corrected chi connectivity index (χ4v) is 1.29. The first-order valence-corrected chi connectivity index (χ1v) is 6.25. The van der Waals surface area contributed by atoms with E-state index in [4.69, 9.17) is 18.9 Å². The van der Waals surface area contributed by atoms with Gasteiger partial charge in [-0.2, -0.15) is 0 Å². The number of rotatable bonds is 13. The molecule has 0 aliphatic carbocycles. The quantitative estimate of drug-likeness (QED) is 0.486. The van der Waals surface area contributed by atoms with Gasteiger partial charge >= 0.3 is 0 Å². The third-order valence-corrected chi connectivity index (χ3v) is 2.27. The number of ether oxygens (including phenoxy) is 4. The SMILES string of the molecule is CCC(CNC)OCCOCCOCCOC. The summed E-state index contributed by atoms with van der Waals surface area (Å²) in [5.74, 6) is 0. The van der Waals surface area contributed by atoms with Crippen molar-refractivity contribution in [2.75, 3.05) is 60.3 Å². The van der Waals surface area contributed by atoms with Crippen LogP contribution in [0.4, 0.5) is 0 Å². The summed E-state index contributed by atoms with van der Waals surface area (Å²) in [6.45, 7) is 6.73. The summed E-state index contributed by atoms with van der Waals surface area (Å²) < 4.78 is 21.1. The summed E-state index contributed by atoms with van der Waals surface area (Å²) in [5, 5.41) is 3.10. The minimum atomic E-state index is 0.279. The molecule has 0 aromatic heterocycles. The zero-order valence-electron chi connectivity index (χ0n) is 11.4. The maximum atomic E-state index is 5.63. The summed E-state index contributed by atoms with van der Waals surface area (Å²) in [6.07, 6.45) is 1.29. The van der Waals surface area contributed by atoms with E-state index in [1.165, 1.54) is 0 Å². The minimum absolute atomic E-state index is 0.279. The van der Waals surface area contributed by atoms with Crippen LogP contribution in [0, 0.1) is 0 Å². The molecule has 0 aromatic rings. The van der Waals surface area contributed by atoms with E-state index in [1.807, 2.05) is 7.05 Å². The topological polar surface area (TPSA) is 49.0 Å². The summed E-state index contributed by atoms with van der Waals surface area (Å²) in [7, 11) is 3.59. The van der Waals surface area contributed by atoms with Crippen molar-refractivity contribution in [1.82, 2.24) is 5.32 Å². The lowest BCUT2D eigenvalue weighted by Crippen LogP contribution is -2.27. The van der Waals surface area contributed by atoms with Crippen molar-refractivity contribution in [1.29, 1.82) is 0 Å². The van der Waals surface area contributed by atoms with Gasteiger partial charge in [-0.25, -0.2) is 0 Å². The molecular formula is C12H27NO4. The van der Waals surface area contributed by atoms with Crippen molar-refractivity contribution >= 4 is 0 Å². The van der Waals surface area contributed by atoms with E-state index in [0.717, 1.165) is 13.0 Å². The minimum Gasteiger partial charge on any atom is -0.382 e. The Labute approximate surface area is 105 Å². The van der Waals surface area contributed by atoms with Gasteiger partial charge < -0.3 is 24.3 Å². The van der Waals surface area contributed by atoms with Crippen LogP contribution in [0.3, 0.4) is 0 Å². The Balaban J connectivity index is 3.11. The van der Waals surface area contributed by atoms with Crippen molar-refractivity contribution in [3.8, 4) is 0 Å². The van der Waals surface area contributed by atoms with Crippen molar-refractivity contribution < 1.29 is 18.9 Å². The maximum absolute atomic E-state index is 5.63. The molecule has 0 amide bonds. The fourth-order valence-electron chi connectivity index (χ4n) is 1.29. The van der Waals surface area contributed by atoms with Gasteiger partial charge in [-0.1, -0.05) is 6.92 Å². The molecule has 0 heterocycles. The van der Waals surface area contributed by atoms with E-state index >= 15 is 0 Å². The second kappa shape index (κ2) is 13.9. The Hall–Kier alpha value is -0.200. The fraction of sp³-hybridized carbons (Fsp3) is 1.00. The van der Waals surface area contributed by atoms with Gasteiger partial charge in [0.2, 0.25) is 0 Å². The van der Waals surface area contributed by atoms with Crippen LogP contribution in [-0.2, 0) is 18.9 Å². The molecule has 1 atom stereocenters. The normalized spacial score (nSPS) is 12.9. The van der Waals surface area contributed by atoms with Crippen LogP contribution in [0.15, 0.2) is 0 Å². The molecule has 0 spiro atoms. The van der Waals surface area contributed by atoms with Gasteiger partial charge in [-0.05, 0) is 13.5 Å². The molecule has 0 saturated carbocycles. The van der Waals surface area contributed by atoms with Gasteiger partial charge in [-0.15, -0.1) is 0 Å². The smallest absolute Gasteiger partial charge is 0.0704 e. The number of hydrogen-bond donors (Lipinski definition) is 1. The van der Waals surface area contributed by atoms with Crippen molar-refractivity contribution in [2.24, 2.45) is 0 Å². The molecule has 0 aromatic carbocycles. The van der Waals surface area contributed by atoms with Crippen LogP contribution < -0.4 is 5.32 Å². The summed E-state index contributed by atoms with van der Waals surface area (Å²) in [4.78, 5) is 0. The van der Waals surface area contributed by atoms with Crippen molar-refractivity contribution in [2.45, 2.75) is 19.4 Å². The van der Waals surface area contributed by atoms with Crippen LogP contribution >= 0.6 is 0 Å². The first-order valence-electron chi connectivity index (χ1n) is 6.25. The largest absolute Gasteiger partial charge is 0.382 e. The lowest BCUT2D eigenvalue weighted by Gasteiger charge is -2.15. The van der Waals surface area contributed by atoms with E-state index < -0.39 is 0 Å². The lowest BCUT2D eigenvalue weighted by atomic mass is 10.3. The molecule has 0 rings (SSSR count). The number of likely N-dealkylation sites (N-methyl/N-ethyl adjacent to an activating group) is 1. The average molecular weight is 249 g/mol. The summed E-state index contributed by atoms with van der Waals surface area (Å²) >= 11 is 0. The molecule has 1 unspecified atom stereocenters. The zero-order chi connectivity index (χ0) is 12.8. The molecule has 5 nitrogen and oxygen atoms in total. The molecule has 1 N–H and O–H groups in total. The highest BCUT2D eigenvalue weighted by atomic mass is 16.6. The number of hydrogen-bond acceptors (Lipinski definition) is 5. The standard InChI is InChI=1S/C12H27NO4/c1-4-12(11-13-2)17-10-9-16-8-7-15-6-5-14-3/h12-13H,4-11H2,1-3H3. The third kappa shape index (κ3) is 12.1. The number of nitrogens with one attached hydrogen (secondary N) is 1. The van der Waals surface area contributed by atoms with Gasteiger partial charge in [0.25, 0.3) is 0 Å². The molecule has 0 bridgehead atoms. The van der Waals surface area contributed by atoms with Crippen LogP contribution in [0.5, 0.6) is 0 Å². The number of methoxy groups -OCH3 is 1. The molecular weight excluding hydrogens is 222 g/mol. The average Bonchev–Trinajstić information content (AvgIpc) is 2.35. The molecule has 104 valence electrons. The van der Waals surface area contributed by atoms with Crippen LogP contribution in [0.1, 0.15) is 13.3 Å². The molecule has 17 heavy (non-hydrogen) atoms. The second-order valence-electron chi connectivity index (χ2n) is 3.68. The maximum Gasteiger partial charge on any atom is 0.0704 e. The van der Waals surface area contributed by atoms with E-state index in [1.54, 1.807) is 7.11 Å². The Morgan fingerprint density at radius 1 is 0.941 bits per heavy atom. The third-order valence-electron chi connectivity index (χ3n) is 2.27. The first kappa shape index (κ1) is 16.8. The van der Waals surface area contributed by atoms with Gasteiger partial charge in [0.15, 0.2) is 0 Å². The van der Waals surface area contributed by atoms with E-state index in [0.29, 0.717) is 39.6 Å². The van der Waals surface area contributed by atoms with E-state index in [9.17, 15) is 0 Å². The van der Waals surface area contributed by atoms with E-state index in [-0.39, 0.29) is 6.10 Å². The molecule has 5 heteroatoms. The highest BCUT2D eigenvalue weighted by Crippen LogP contribution is 1.95. The molecule has 0 aliphatic heterocycles. The Kier molecular flexibility index (Phi) is 13.7. The summed E-state index contributed by atoms with van der Waals surface area (Å²) in [5.41, 5.74) is 0. The molecule has 0 aliphatic rings. The van der Waals surface area contributed by atoms with Crippen molar-refractivity contribution in [3.05, 3.63) is 0 Å². The molecule has 0 saturated heterocycles. The first-order chi connectivity index (χ1) is 8.35. The zero-order valence-corrected chi connectivity index (χ0v) is 11.4. The Bertz CT molecular complexity index is 146. The van der Waals surface area contributed by atoms with Gasteiger partial charge in [0.1, 0.15) is 0 Å². The highest BCUT2D eigenvalue weighted by molar-refractivity contribution is 4.56. The Morgan fingerprint density at radius 2 is 1.53 bits per heavy atom. The van der Waals surface area contributed by atoms with Crippen LogP contribution in [-0.4, -0.2) is 66.4 Å². The van der Waals surface area contributed by atoms with Crippen LogP contribution in [0.25, 0.3) is 0 Å². The molecule has 0 radical (unpaired) electrons. The summed E-state index contributed by atoms with van der Waals surface area (Å²) in [6, 6.07) is 0. The predicted molar refractivity (Wildman–Crippen MR) is 67.5 cm³/mol. The van der Waals surface area contributed by atoms with Gasteiger partial charge in [-0.3, -0.25) is 0 Å². The van der Waals surface area contributed by atoms with Crippen molar-refractivity contribution in [3.63, 3.8) is 0 Å². The van der Waals surface area contributed by atoms with Crippen LogP contribution in [0.2, 0.25) is 0 Å². The lowest BCUT2D eigenvalue weighted by molar-refractivity contribution is -0.0162. The molecule has 0 fully saturated rings. The highest BCUT2D eigenvalue weighted by Gasteiger charge is 2.03. The van der Waals surface area contributed by atoms with Gasteiger partial charge in [0, 0.05) is 13.7 Å². The second-order valence-corrected chi connectivity index (χ2v) is 3.68. The predicted octanol–water partition coefficient (Wildman–Crippen LogP) is 0.681. The van der Waals surface area contributed by atoms with Gasteiger partial charge in [0.05, 0.1) is 45.7 Å².